The van der Waals surface area contributed by atoms with E-state index in [2.05, 4.69) is 41.9 Å². The Morgan fingerprint density at radius 2 is 1.02 bits per heavy atom. The highest BCUT2D eigenvalue weighted by Crippen LogP contribution is 2.57. The molecule has 3 aromatic rings. The van der Waals surface area contributed by atoms with Gasteiger partial charge in [0.1, 0.15) is 59.0 Å². The summed E-state index contributed by atoms with van der Waals surface area (Å²) in [7, 11) is 0. The predicted molar refractivity (Wildman–Crippen MR) is 331 cm³/mol. The number of nitrogens with one attached hydrogen (secondary N) is 6. The molecular formula is C62H86N14O13. The number of carbonyl (C=O) groups is 9. The Kier molecular flexibility index (Phi) is 21.4. The maximum Gasteiger partial charge on any atom is 0.408 e. The van der Waals surface area contributed by atoms with E-state index in [1.54, 1.807) is 118 Å². The van der Waals surface area contributed by atoms with Crippen molar-refractivity contribution in [3.8, 4) is 11.5 Å². The summed E-state index contributed by atoms with van der Waals surface area (Å²) in [5.74, 6) is -4.78. The summed E-state index contributed by atoms with van der Waals surface area (Å²) in [5, 5.41) is 16.8. The second-order valence-corrected chi connectivity index (χ2v) is 25.3. The molecule has 1 spiro atoms. The molecule has 482 valence electrons. The number of esters is 1. The molecule has 2 saturated heterocycles. The number of benzene rings is 3. The Hall–Kier alpha value is -9.17. The van der Waals surface area contributed by atoms with Gasteiger partial charge in [0, 0.05) is 66.4 Å². The van der Waals surface area contributed by atoms with Crippen LogP contribution < -0.4 is 59.6 Å². The molecule has 27 nitrogen and oxygen atoms in total. The van der Waals surface area contributed by atoms with Crippen molar-refractivity contribution in [2.24, 2.45) is 44.8 Å². The van der Waals surface area contributed by atoms with Crippen LogP contribution in [0.2, 0.25) is 0 Å². The van der Waals surface area contributed by atoms with Gasteiger partial charge in [-0.05, 0) is 135 Å². The van der Waals surface area contributed by atoms with Crippen LogP contribution in [0.4, 0.5) is 21.0 Å². The Bertz CT molecular complexity index is 3060. The van der Waals surface area contributed by atoms with Gasteiger partial charge in [0.25, 0.3) is 0 Å². The molecule has 0 radical (unpaired) electrons. The fraction of sp³-hybridized carbons (Fsp3) is 0.532. The summed E-state index contributed by atoms with van der Waals surface area (Å²) in [6.45, 7) is 18.0. The highest BCUT2D eigenvalue weighted by molar-refractivity contribution is 6.02. The third kappa shape index (κ3) is 16.7. The minimum atomic E-state index is -1.59. The Balaban J connectivity index is 1.14. The number of ether oxygens (including phenoxy) is 4. The number of alkyl carbamates (subject to hydrolysis) is 2. The number of nitrogens with zero attached hydrogens (tertiary/aromatic N) is 4. The predicted octanol–water partition coefficient (Wildman–Crippen LogP) is 4.29. The number of rotatable bonds is 22. The van der Waals surface area contributed by atoms with Crippen molar-refractivity contribution in [1.29, 1.82) is 0 Å². The lowest BCUT2D eigenvalue weighted by molar-refractivity contribution is -0.141. The minimum Gasteiger partial charge on any atom is -0.456 e. The lowest BCUT2D eigenvalue weighted by Crippen LogP contribution is -2.57. The van der Waals surface area contributed by atoms with Crippen LogP contribution in [0.1, 0.15) is 148 Å². The first-order valence-corrected chi connectivity index (χ1v) is 30.1. The molecule has 1 unspecified atom stereocenters. The maximum absolute atomic E-state index is 14.5. The number of carbonyl (C=O) groups excluding carboxylic acids is 9. The molecule has 7 rings (SSSR count). The summed E-state index contributed by atoms with van der Waals surface area (Å²) >= 11 is 0. The molecule has 4 aliphatic rings. The average molecular weight is 1240 g/mol. The van der Waals surface area contributed by atoms with Crippen LogP contribution >= 0.6 is 0 Å². The van der Waals surface area contributed by atoms with Crippen molar-refractivity contribution < 1.29 is 62.1 Å². The number of nitrogens with two attached hydrogens (primary N) is 4. The minimum absolute atomic E-state index is 0.0658. The lowest BCUT2D eigenvalue weighted by Gasteiger charge is -2.37. The number of anilines is 2. The average Bonchev–Trinajstić information content (AvgIpc) is 1.65. The molecule has 7 atom stereocenters. The molecular weight excluding hydrogens is 1150 g/mol. The fourth-order valence-electron chi connectivity index (χ4n) is 11.2. The summed E-state index contributed by atoms with van der Waals surface area (Å²) < 4.78 is 23.9. The quantitative estimate of drug-likeness (QED) is 0.0220. The molecule has 8 amide bonds. The van der Waals surface area contributed by atoms with E-state index < -0.39 is 107 Å². The monoisotopic (exact) mass is 1230 g/mol. The third-order valence-corrected chi connectivity index (χ3v) is 15.3. The highest BCUT2D eigenvalue weighted by Gasteiger charge is 2.54. The van der Waals surface area contributed by atoms with Gasteiger partial charge >= 0.3 is 18.2 Å². The van der Waals surface area contributed by atoms with Crippen LogP contribution in [0.3, 0.4) is 0 Å². The van der Waals surface area contributed by atoms with E-state index in [-0.39, 0.29) is 98.5 Å². The van der Waals surface area contributed by atoms with Gasteiger partial charge in [-0.2, -0.15) is 0 Å². The van der Waals surface area contributed by atoms with E-state index in [0.717, 1.165) is 0 Å². The zero-order chi connectivity index (χ0) is 65.3. The first-order valence-electron chi connectivity index (χ1n) is 30.1. The second kappa shape index (κ2) is 28.3. The summed E-state index contributed by atoms with van der Waals surface area (Å²) in [4.78, 5) is 136. The van der Waals surface area contributed by atoms with Crippen LogP contribution in [0, 0.1) is 11.8 Å². The summed E-state index contributed by atoms with van der Waals surface area (Å²) in [6.07, 6.45) is 0.645. The van der Waals surface area contributed by atoms with Crippen molar-refractivity contribution in [2.75, 3.05) is 36.8 Å². The van der Waals surface area contributed by atoms with E-state index >= 15 is 0 Å². The Morgan fingerprint density at radius 1 is 0.607 bits per heavy atom. The van der Waals surface area contributed by atoms with Gasteiger partial charge in [-0.1, -0.05) is 45.9 Å². The molecule has 4 aliphatic heterocycles. The molecule has 27 heteroatoms. The van der Waals surface area contributed by atoms with Crippen molar-refractivity contribution in [2.45, 2.75) is 174 Å². The van der Waals surface area contributed by atoms with Gasteiger partial charge in [0.2, 0.25) is 35.4 Å². The number of fused-ring (bicyclic) bond motifs is 6. The van der Waals surface area contributed by atoms with Gasteiger partial charge in [0.15, 0.2) is 17.5 Å². The van der Waals surface area contributed by atoms with Crippen molar-refractivity contribution in [3.63, 3.8) is 0 Å². The van der Waals surface area contributed by atoms with Gasteiger partial charge < -0.3 is 83.6 Å². The van der Waals surface area contributed by atoms with Crippen molar-refractivity contribution >= 4 is 76.9 Å². The van der Waals surface area contributed by atoms with Crippen LogP contribution in [0.25, 0.3) is 0 Å². The zero-order valence-corrected chi connectivity index (χ0v) is 52.3. The van der Waals surface area contributed by atoms with Gasteiger partial charge in [-0.3, -0.25) is 38.8 Å². The Labute approximate surface area is 517 Å². The van der Waals surface area contributed by atoms with Gasteiger partial charge in [0.05, 0.1) is 5.56 Å². The van der Waals surface area contributed by atoms with Crippen LogP contribution in [0.5, 0.6) is 11.5 Å². The van der Waals surface area contributed by atoms with Gasteiger partial charge in [-0.25, -0.2) is 14.4 Å². The van der Waals surface area contributed by atoms with Crippen LogP contribution in [0.15, 0.2) is 70.6 Å². The molecule has 0 aromatic heterocycles. The largest absolute Gasteiger partial charge is 0.456 e. The number of likely N-dealkylation sites (tertiary alicyclic amines) is 2. The number of amides is 8. The lowest BCUT2D eigenvalue weighted by atomic mass is 9.77. The van der Waals surface area contributed by atoms with Crippen molar-refractivity contribution in [1.82, 2.24) is 31.1 Å². The second-order valence-electron chi connectivity index (χ2n) is 25.3. The molecule has 0 aliphatic carbocycles. The van der Waals surface area contributed by atoms with E-state index in [0.29, 0.717) is 47.9 Å². The molecule has 0 bridgehead atoms. The first-order chi connectivity index (χ1) is 41.9. The number of hydrogen-bond donors (Lipinski definition) is 10. The number of hydrogen-bond acceptors (Lipinski definition) is 15. The molecule has 4 heterocycles. The van der Waals surface area contributed by atoms with Crippen molar-refractivity contribution in [3.05, 3.63) is 82.9 Å². The molecule has 2 fully saturated rings. The number of aliphatic imine (C=N–C) groups is 2. The van der Waals surface area contributed by atoms with Crippen LogP contribution in [-0.4, -0.2) is 149 Å². The van der Waals surface area contributed by atoms with E-state index in [1.807, 2.05) is 0 Å². The SMILES string of the molecule is CC(C)[C@H](NC(=O)OC(C)(C)C)C(=O)N1CCC[C@H]1C(=O)N[C@@H](CCCN=C(N)N)C(=O)Nc1ccc2c(c1)Oc1cc(NC(=O)[C@@H](CCCN=C(N)N)NC(=O)[C@@H]3CCCN3C(=O)[C@@H](NC(=O)OC(C)(C)C)C(C)C)ccc1C21OC(=O)c2ccccc21. The fourth-order valence-corrected chi connectivity index (χ4v) is 11.2. The highest BCUT2D eigenvalue weighted by atomic mass is 16.6. The summed E-state index contributed by atoms with van der Waals surface area (Å²) in [6, 6.07) is 10.1. The molecule has 89 heavy (non-hydrogen) atoms. The van der Waals surface area contributed by atoms with E-state index in [1.165, 1.54) is 21.9 Å². The van der Waals surface area contributed by atoms with Crippen LogP contribution in [-0.2, 0) is 48.6 Å². The summed E-state index contributed by atoms with van der Waals surface area (Å²) in [5.41, 5.74) is 21.2. The molecule has 0 saturated carbocycles. The Morgan fingerprint density at radius 3 is 1.42 bits per heavy atom. The van der Waals surface area contributed by atoms with E-state index in [9.17, 15) is 43.2 Å². The number of guanidine groups is 2. The topological polar surface area (TPSA) is 398 Å². The third-order valence-electron chi connectivity index (χ3n) is 15.3. The standard InChI is InChI=1S/C62H86N14O13/c1-33(2)47(73-58(84)88-60(5,6)7)53(81)75-29-15-21-43(75)51(79)71-41(19-13-27-67-56(63)64)49(77)69-35-23-25-39-45(31-35)86-46-32-36(24-26-40(46)62(39)38-18-12-11-17-37(38)55(83)87-62)70-50(78)42(20-14-28-68-57(65)66)72-52(80)44-22-16-30-76(44)54(82)48(34(3)4)74-59(85)89-61(8,9)10/h11-12,17-18,23-26,31-34,41-44,47-48H,13-16,19-22,27-30H2,1-10H3,(H,69,77)(H,70,78)(H,71,79)(H,72,80)(H,73,84)(H,74,85)(H4,63,64,67)(H4,65,66,68)/t41-,42+,43-,44-,47-,48-,62?/m0/s1. The molecule has 14 N–H and O–H groups in total. The normalized spacial score (nSPS) is 18.8. The first kappa shape index (κ1) is 67.3. The maximum atomic E-state index is 14.5. The van der Waals surface area contributed by atoms with E-state index in [4.69, 9.17) is 41.9 Å². The zero-order valence-electron chi connectivity index (χ0n) is 52.3. The van der Waals surface area contributed by atoms with Gasteiger partial charge in [-0.15, -0.1) is 0 Å². The smallest absolute Gasteiger partial charge is 0.408 e. The molecule has 3 aromatic carbocycles.